The predicted octanol–water partition coefficient (Wildman–Crippen LogP) is 2.87. The van der Waals surface area contributed by atoms with Gasteiger partial charge in [0.15, 0.2) is 0 Å². The standard InChI is InChI=1S/C19H26N4/c1-3-14-10-16-5-7-18(22-16)19-8-6-17(23-19)11-15-4-2-13(21-15)9-12(1)20-14/h9-10,15,17-20,23H,1-8,11H2. The Balaban J connectivity index is 1.46. The maximum absolute atomic E-state index is 5.03. The van der Waals surface area contributed by atoms with Gasteiger partial charge in [0.2, 0.25) is 0 Å². The maximum Gasteiger partial charge on any atom is 0.0659 e. The van der Waals surface area contributed by atoms with Crippen molar-refractivity contribution in [3.05, 3.63) is 23.5 Å². The molecule has 0 aromatic carbocycles. The van der Waals surface area contributed by atoms with E-state index in [9.17, 15) is 0 Å². The van der Waals surface area contributed by atoms with Crippen molar-refractivity contribution < 1.29 is 0 Å². The van der Waals surface area contributed by atoms with E-state index in [2.05, 4.69) is 22.8 Å². The van der Waals surface area contributed by atoms with Crippen LogP contribution in [0.4, 0.5) is 0 Å². The third-order valence-corrected chi connectivity index (χ3v) is 6.07. The fourth-order valence-electron chi connectivity index (χ4n) is 4.88. The normalized spacial score (nSPS) is 39.0. The summed E-state index contributed by atoms with van der Waals surface area (Å²) in [6, 6.07) is 2.27. The molecule has 4 nitrogen and oxygen atoms in total. The largest absolute Gasteiger partial charge is 0.362 e. The molecule has 0 aromatic rings. The lowest BCUT2D eigenvalue weighted by atomic mass is 10.0. The highest BCUT2D eigenvalue weighted by molar-refractivity contribution is 5.98. The van der Waals surface area contributed by atoms with Crippen molar-refractivity contribution in [2.45, 2.75) is 82.0 Å². The number of nitrogens with zero attached hydrogens (tertiary/aromatic N) is 2. The quantitative estimate of drug-likeness (QED) is 0.723. The molecule has 4 unspecified atom stereocenters. The van der Waals surface area contributed by atoms with Crippen LogP contribution in [0.5, 0.6) is 0 Å². The SMILES string of the molecule is C1=C2CCC(=CC3=NC(CC3)C3CCC(CC4CCC1=N4)N3)N2. The van der Waals surface area contributed by atoms with Gasteiger partial charge in [-0.05, 0) is 69.9 Å². The highest BCUT2D eigenvalue weighted by Crippen LogP contribution is 2.30. The van der Waals surface area contributed by atoms with E-state index in [-0.39, 0.29) is 0 Å². The fraction of sp³-hybridized carbons (Fsp3) is 0.684. The van der Waals surface area contributed by atoms with Crippen molar-refractivity contribution in [2.75, 3.05) is 0 Å². The first-order chi connectivity index (χ1) is 11.3. The third-order valence-electron chi connectivity index (χ3n) is 6.07. The second-order valence-electron chi connectivity index (χ2n) is 7.79. The third kappa shape index (κ3) is 2.78. The van der Waals surface area contributed by atoms with Gasteiger partial charge in [-0.3, -0.25) is 9.98 Å². The molecular formula is C19H26N4. The van der Waals surface area contributed by atoms with E-state index in [1.54, 1.807) is 0 Å². The maximum atomic E-state index is 5.03. The highest BCUT2D eigenvalue weighted by Gasteiger charge is 2.34. The van der Waals surface area contributed by atoms with Crippen LogP contribution in [0.15, 0.2) is 33.5 Å². The van der Waals surface area contributed by atoms with Crippen molar-refractivity contribution in [1.29, 1.82) is 0 Å². The summed E-state index contributed by atoms with van der Waals surface area (Å²) in [5.74, 6) is 0. The molecule has 0 amide bonds. The fourth-order valence-corrected chi connectivity index (χ4v) is 4.88. The van der Waals surface area contributed by atoms with E-state index in [1.165, 1.54) is 54.9 Å². The predicted molar refractivity (Wildman–Crippen MR) is 94.0 cm³/mol. The van der Waals surface area contributed by atoms with Crippen molar-refractivity contribution in [1.82, 2.24) is 10.6 Å². The Morgan fingerprint density at radius 3 is 2.48 bits per heavy atom. The summed E-state index contributed by atoms with van der Waals surface area (Å²) in [6.07, 6.45) is 15.4. The van der Waals surface area contributed by atoms with Gasteiger partial charge in [0.25, 0.3) is 0 Å². The molecule has 23 heavy (non-hydrogen) atoms. The van der Waals surface area contributed by atoms with Crippen LogP contribution < -0.4 is 10.6 Å². The molecule has 4 atom stereocenters. The molecule has 5 aliphatic rings. The Hall–Kier alpha value is -1.42. The van der Waals surface area contributed by atoms with Crippen molar-refractivity contribution in [3.63, 3.8) is 0 Å². The monoisotopic (exact) mass is 310 g/mol. The van der Waals surface area contributed by atoms with Gasteiger partial charge in [0.1, 0.15) is 0 Å². The van der Waals surface area contributed by atoms with Crippen LogP contribution in [0.2, 0.25) is 0 Å². The molecular weight excluding hydrogens is 284 g/mol. The summed E-state index contributed by atoms with van der Waals surface area (Å²) >= 11 is 0. The van der Waals surface area contributed by atoms with Gasteiger partial charge in [0.05, 0.1) is 12.1 Å². The Labute approximate surface area is 138 Å². The summed E-state index contributed by atoms with van der Waals surface area (Å²) in [6.45, 7) is 0. The first kappa shape index (κ1) is 14.0. The molecule has 4 heteroatoms. The van der Waals surface area contributed by atoms with Gasteiger partial charge in [-0.25, -0.2) is 0 Å². The van der Waals surface area contributed by atoms with E-state index in [0.29, 0.717) is 24.2 Å². The number of aliphatic imine (C=N–C) groups is 2. The topological polar surface area (TPSA) is 48.8 Å². The van der Waals surface area contributed by atoms with Crippen LogP contribution in [-0.2, 0) is 0 Å². The number of allylic oxidation sites excluding steroid dienone is 4. The van der Waals surface area contributed by atoms with Gasteiger partial charge < -0.3 is 10.6 Å². The van der Waals surface area contributed by atoms with Crippen molar-refractivity contribution in [2.24, 2.45) is 9.98 Å². The second-order valence-corrected chi connectivity index (χ2v) is 7.79. The average molecular weight is 310 g/mol. The van der Waals surface area contributed by atoms with Crippen LogP contribution in [0, 0.1) is 0 Å². The van der Waals surface area contributed by atoms with E-state index in [0.717, 1.165) is 25.7 Å². The Morgan fingerprint density at radius 2 is 1.61 bits per heavy atom. The van der Waals surface area contributed by atoms with Crippen LogP contribution in [0.1, 0.15) is 57.8 Å². The zero-order valence-corrected chi connectivity index (χ0v) is 13.7. The molecule has 122 valence electrons. The molecule has 0 aromatic heterocycles. The summed E-state index contributed by atoms with van der Waals surface area (Å²) in [4.78, 5) is 10.0. The Kier molecular flexibility index (Phi) is 3.39. The summed E-state index contributed by atoms with van der Waals surface area (Å²) < 4.78 is 0. The van der Waals surface area contributed by atoms with Gasteiger partial charge in [-0.2, -0.15) is 0 Å². The lowest BCUT2D eigenvalue weighted by molar-refractivity contribution is 0.428. The van der Waals surface area contributed by atoms with Crippen molar-refractivity contribution in [3.8, 4) is 0 Å². The first-order valence-corrected chi connectivity index (χ1v) is 9.39. The number of fused-ring (bicyclic) bond motifs is 7. The molecule has 8 bridgehead atoms. The Morgan fingerprint density at radius 1 is 0.826 bits per heavy atom. The summed E-state index contributed by atoms with van der Waals surface area (Å²) in [5.41, 5.74) is 5.30. The molecule has 5 heterocycles. The second kappa shape index (κ2) is 5.59. The van der Waals surface area contributed by atoms with E-state index in [1.807, 2.05) is 0 Å². The molecule has 2 N–H and O–H groups in total. The molecule has 0 saturated carbocycles. The molecule has 0 aliphatic carbocycles. The smallest absolute Gasteiger partial charge is 0.0659 e. The zero-order valence-electron chi connectivity index (χ0n) is 13.7. The number of rotatable bonds is 0. The minimum atomic E-state index is 0.496. The minimum Gasteiger partial charge on any atom is -0.362 e. The van der Waals surface area contributed by atoms with E-state index in [4.69, 9.17) is 9.98 Å². The summed E-state index contributed by atoms with van der Waals surface area (Å²) in [7, 11) is 0. The molecule has 5 aliphatic heterocycles. The van der Waals surface area contributed by atoms with Gasteiger partial charge in [-0.1, -0.05) is 0 Å². The first-order valence-electron chi connectivity index (χ1n) is 9.39. The van der Waals surface area contributed by atoms with Crippen LogP contribution in [0.3, 0.4) is 0 Å². The lowest BCUT2D eigenvalue weighted by Gasteiger charge is -2.19. The van der Waals surface area contributed by atoms with Crippen LogP contribution >= 0.6 is 0 Å². The van der Waals surface area contributed by atoms with Crippen molar-refractivity contribution >= 4 is 11.4 Å². The number of hydrogen-bond acceptors (Lipinski definition) is 4. The lowest BCUT2D eigenvalue weighted by Crippen LogP contribution is -2.37. The van der Waals surface area contributed by atoms with Crippen LogP contribution in [0.25, 0.3) is 0 Å². The average Bonchev–Trinajstić information content (AvgIpc) is 3.28. The zero-order chi connectivity index (χ0) is 15.2. The van der Waals surface area contributed by atoms with E-state index < -0.39 is 0 Å². The van der Waals surface area contributed by atoms with Gasteiger partial charge in [0, 0.05) is 34.9 Å². The summed E-state index contributed by atoms with van der Waals surface area (Å²) in [5, 5.41) is 7.48. The molecule has 2 saturated heterocycles. The Bertz CT molecular complexity index is 627. The number of nitrogens with one attached hydrogen (secondary N) is 2. The molecule has 5 rings (SSSR count). The molecule has 2 fully saturated rings. The number of hydrogen-bond donors (Lipinski definition) is 2. The highest BCUT2D eigenvalue weighted by atomic mass is 15.1. The van der Waals surface area contributed by atoms with Gasteiger partial charge >= 0.3 is 0 Å². The van der Waals surface area contributed by atoms with Crippen LogP contribution in [-0.4, -0.2) is 35.6 Å². The minimum absolute atomic E-state index is 0.496. The van der Waals surface area contributed by atoms with E-state index >= 15 is 0 Å². The van der Waals surface area contributed by atoms with Gasteiger partial charge in [-0.15, -0.1) is 0 Å². The molecule has 0 radical (unpaired) electrons. The molecule has 0 spiro atoms.